The number of quaternary nitrogens is 1. The molecule has 1 atom stereocenters. The van der Waals surface area contributed by atoms with Crippen molar-refractivity contribution in [2.24, 2.45) is 4.99 Å². The lowest BCUT2D eigenvalue weighted by molar-refractivity contribution is -0.809. The van der Waals surface area contributed by atoms with E-state index in [9.17, 15) is 0 Å². The number of aliphatic imine (C=N–C) groups is 1. The molecule has 12 heavy (non-hydrogen) atoms. The molecule has 0 aromatic heterocycles. The third-order valence-corrected chi connectivity index (χ3v) is 2.74. The number of hydrogen-bond acceptors (Lipinski definition) is 1. The number of rotatable bonds is 0. The average molecular weight is 280 g/mol. The van der Waals surface area contributed by atoms with Gasteiger partial charge in [-0.05, 0) is 19.3 Å². The van der Waals surface area contributed by atoms with Gasteiger partial charge in [0.15, 0.2) is 5.84 Å². The van der Waals surface area contributed by atoms with Crippen molar-refractivity contribution in [3.63, 3.8) is 0 Å². The standard InChI is InChI=1S/C9H16N2.HI/c1-2-5-9-10-6-4-8-11(9)7-3-1;/h1-8H2;1H. The lowest BCUT2D eigenvalue weighted by Gasteiger charge is -2.21. The first-order valence-electron chi connectivity index (χ1n) is 4.85. The van der Waals surface area contributed by atoms with Crippen LogP contribution in [0.3, 0.4) is 0 Å². The molecule has 2 aliphatic heterocycles. The normalized spacial score (nSPS) is 29.3. The van der Waals surface area contributed by atoms with Crippen LogP contribution in [0.5, 0.6) is 0 Å². The minimum Gasteiger partial charge on any atom is -1.00 e. The van der Waals surface area contributed by atoms with E-state index in [2.05, 4.69) is 4.99 Å². The highest BCUT2D eigenvalue weighted by Crippen LogP contribution is 2.03. The predicted molar refractivity (Wildman–Crippen MR) is 46.1 cm³/mol. The van der Waals surface area contributed by atoms with Gasteiger partial charge in [0.1, 0.15) is 0 Å². The summed E-state index contributed by atoms with van der Waals surface area (Å²) in [5, 5.41) is 0. The van der Waals surface area contributed by atoms with Crippen molar-refractivity contribution < 1.29 is 28.9 Å². The summed E-state index contributed by atoms with van der Waals surface area (Å²) in [6.07, 6.45) is 6.79. The zero-order valence-corrected chi connectivity index (χ0v) is 9.64. The largest absolute Gasteiger partial charge is 1.00 e. The van der Waals surface area contributed by atoms with Crippen LogP contribution in [0, 0.1) is 0 Å². The lowest BCUT2D eigenvalue weighted by Crippen LogP contribution is -3.15. The summed E-state index contributed by atoms with van der Waals surface area (Å²) in [6.45, 7) is 3.79. The molecule has 1 unspecified atom stereocenters. The quantitative estimate of drug-likeness (QED) is 0.464. The summed E-state index contributed by atoms with van der Waals surface area (Å²) in [5.74, 6) is 1.48. The second-order valence-corrected chi connectivity index (χ2v) is 3.60. The Morgan fingerprint density at radius 1 is 1.00 bits per heavy atom. The van der Waals surface area contributed by atoms with Crippen LogP contribution in [0.4, 0.5) is 0 Å². The smallest absolute Gasteiger partial charge is 0.196 e. The molecular formula is C9H17IN2. The van der Waals surface area contributed by atoms with Gasteiger partial charge < -0.3 is 24.0 Å². The summed E-state index contributed by atoms with van der Waals surface area (Å²) in [7, 11) is 0. The Morgan fingerprint density at radius 3 is 2.75 bits per heavy atom. The van der Waals surface area contributed by atoms with Gasteiger partial charge in [-0.1, -0.05) is 0 Å². The van der Waals surface area contributed by atoms with Crippen LogP contribution in [-0.4, -0.2) is 25.5 Å². The second-order valence-electron chi connectivity index (χ2n) is 3.60. The van der Waals surface area contributed by atoms with Crippen molar-refractivity contribution in [2.45, 2.75) is 32.1 Å². The Labute approximate surface area is 91.4 Å². The Bertz CT molecular complexity index is 168. The van der Waals surface area contributed by atoms with E-state index >= 15 is 0 Å². The van der Waals surface area contributed by atoms with E-state index in [1.165, 1.54) is 51.0 Å². The summed E-state index contributed by atoms with van der Waals surface area (Å²) >= 11 is 0. The molecule has 2 rings (SSSR count). The van der Waals surface area contributed by atoms with Crippen LogP contribution in [0.2, 0.25) is 0 Å². The molecule has 0 bridgehead atoms. The molecule has 0 aromatic rings. The van der Waals surface area contributed by atoms with Gasteiger partial charge in [0.2, 0.25) is 0 Å². The van der Waals surface area contributed by atoms with E-state index in [-0.39, 0.29) is 24.0 Å². The van der Waals surface area contributed by atoms with Crippen LogP contribution < -0.4 is 28.9 Å². The monoisotopic (exact) mass is 280 g/mol. The molecule has 1 saturated heterocycles. The molecule has 0 aromatic carbocycles. The molecule has 2 heterocycles. The number of fused-ring (bicyclic) bond motifs is 1. The third kappa shape index (κ3) is 2.42. The molecule has 0 amide bonds. The predicted octanol–water partition coefficient (Wildman–Crippen LogP) is -2.75. The number of halogens is 1. The van der Waals surface area contributed by atoms with Crippen LogP contribution in [-0.2, 0) is 0 Å². The summed E-state index contributed by atoms with van der Waals surface area (Å²) in [6, 6.07) is 0. The molecule has 0 aliphatic carbocycles. The van der Waals surface area contributed by atoms with Crippen molar-refractivity contribution in [3.05, 3.63) is 0 Å². The SMILES string of the molecule is C1CCC2=NCCC[NH+]2CC1.[I-]. The van der Waals surface area contributed by atoms with Gasteiger partial charge in [-0.25, -0.2) is 4.99 Å². The fourth-order valence-electron chi connectivity index (χ4n) is 2.10. The van der Waals surface area contributed by atoms with Gasteiger partial charge >= 0.3 is 0 Å². The van der Waals surface area contributed by atoms with Gasteiger partial charge in [0.25, 0.3) is 0 Å². The summed E-state index contributed by atoms with van der Waals surface area (Å²) in [4.78, 5) is 6.28. The molecule has 1 fully saturated rings. The van der Waals surface area contributed by atoms with Gasteiger partial charge in [0, 0.05) is 19.4 Å². The first kappa shape index (κ1) is 10.4. The van der Waals surface area contributed by atoms with Crippen molar-refractivity contribution >= 4 is 5.84 Å². The number of nitrogens with one attached hydrogen (secondary N) is 1. The van der Waals surface area contributed by atoms with E-state index in [1.807, 2.05) is 0 Å². The zero-order valence-electron chi connectivity index (χ0n) is 7.48. The molecule has 1 N–H and O–H groups in total. The van der Waals surface area contributed by atoms with E-state index in [0.717, 1.165) is 6.54 Å². The maximum Gasteiger partial charge on any atom is 0.196 e. The number of amidine groups is 1. The fourth-order valence-corrected chi connectivity index (χ4v) is 2.10. The Kier molecular flexibility index (Phi) is 4.50. The lowest BCUT2D eigenvalue weighted by atomic mass is 10.2. The molecule has 2 aliphatic rings. The van der Waals surface area contributed by atoms with E-state index in [4.69, 9.17) is 0 Å². The molecule has 2 nitrogen and oxygen atoms in total. The third-order valence-electron chi connectivity index (χ3n) is 2.74. The van der Waals surface area contributed by atoms with Crippen LogP contribution in [0.25, 0.3) is 0 Å². The van der Waals surface area contributed by atoms with Crippen LogP contribution in [0.15, 0.2) is 4.99 Å². The van der Waals surface area contributed by atoms with E-state index in [0.29, 0.717) is 0 Å². The van der Waals surface area contributed by atoms with Gasteiger partial charge in [0.05, 0.1) is 13.1 Å². The highest BCUT2D eigenvalue weighted by atomic mass is 127. The fraction of sp³-hybridized carbons (Fsp3) is 0.889. The van der Waals surface area contributed by atoms with Gasteiger partial charge in [-0.2, -0.15) is 0 Å². The Hall–Kier alpha value is 0.360. The second kappa shape index (κ2) is 5.17. The minimum atomic E-state index is 0. The average Bonchev–Trinajstić information content (AvgIpc) is 2.28. The van der Waals surface area contributed by atoms with Crippen molar-refractivity contribution in [3.8, 4) is 0 Å². The maximum atomic E-state index is 4.59. The van der Waals surface area contributed by atoms with Crippen LogP contribution >= 0.6 is 0 Å². The number of nitrogens with zero attached hydrogens (tertiary/aromatic N) is 1. The molecule has 0 saturated carbocycles. The van der Waals surface area contributed by atoms with Gasteiger partial charge in [-0.15, -0.1) is 0 Å². The molecule has 0 spiro atoms. The molecule has 0 radical (unpaired) electrons. The summed E-state index contributed by atoms with van der Waals surface area (Å²) in [5.41, 5.74) is 0. The number of hydrogen-bond donors (Lipinski definition) is 1. The first-order valence-corrected chi connectivity index (χ1v) is 4.85. The first-order chi connectivity index (χ1) is 5.47. The molecular weight excluding hydrogens is 263 g/mol. The summed E-state index contributed by atoms with van der Waals surface area (Å²) < 4.78 is 0. The van der Waals surface area contributed by atoms with Gasteiger partial charge in [-0.3, -0.25) is 4.90 Å². The van der Waals surface area contributed by atoms with Crippen LogP contribution in [0.1, 0.15) is 32.1 Å². The molecule has 70 valence electrons. The zero-order chi connectivity index (χ0) is 7.52. The topological polar surface area (TPSA) is 16.8 Å². The van der Waals surface area contributed by atoms with E-state index in [1.54, 1.807) is 4.90 Å². The van der Waals surface area contributed by atoms with Crippen molar-refractivity contribution in [1.29, 1.82) is 0 Å². The highest BCUT2D eigenvalue weighted by Gasteiger charge is 2.21. The minimum absolute atomic E-state index is 0. The van der Waals surface area contributed by atoms with E-state index < -0.39 is 0 Å². The highest BCUT2D eigenvalue weighted by molar-refractivity contribution is 5.73. The van der Waals surface area contributed by atoms with Crippen molar-refractivity contribution in [1.82, 2.24) is 0 Å². The Morgan fingerprint density at radius 2 is 1.83 bits per heavy atom. The molecule has 3 heteroatoms. The van der Waals surface area contributed by atoms with Crippen molar-refractivity contribution in [2.75, 3.05) is 19.6 Å². The Balaban J connectivity index is 0.000000720. The maximum absolute atomic E-state index is 4.59.